The Kier molecular flexibility index (Phi) is 5.75. The third kappa shape index (κ3) is 4.60. The normalized spacial score (nSPS) is 11.9. The summed E-state index contributed by atoms with van der Waals surface area (Å²) in [6, 6.07) is 23.0. The highest BCUT2D eigenvalue weighted by Crippen LogP contribution is 2.23. The van der Waals surface area contributed by atoms with Gasteiger partial charge in [-0.2, -0.15) is 5.10 Å². The minimum atomic E-state index is -3.64. The molecule has 0 fully saturated rings. The van der Waals surface area contributed by atoms with Crippen LogP contribution in [0.15, 0.2) is 100 Å². The third-order valence-electron chi connectivity index (χ3n) is 4.55. The Morgan fingerprint density at radius 3 is 2.42 bits per heavy atom. The highest BCUT2D eigenvalue weighted by Gasteiger charge is 2.14. The molecule has 8 heteroatoms. The molecular formula is C23H18N3O3S2-. The predicted octanol–water partition coefficient (Wildman–Crippen LogP) is 3.98. The molecule has 156 valence electrons. The van der Waals surface area contributed by atoms with E-state index in [9.17, 15) is 13.5 Å². The second-order valence-electron chi connectivity index (χ2n) is 6.65. The maximum atomic E-state index is 12.4. The molecule has 0 atom stereocenters. The Morgan fingerprint density at radius 1 is 0.935 bits per heavy atom. The minimum Gasteiger partial charge on any atom is -0.857 e. The van der Waals surface area contributed by atoms with Gasteiger partial charge < -0.3 is 5.11 Å². The molecule has 2 N–H and O–H groups in total. The van der Waals surface area contributed by atoms with Gasteiger partial charge in [-0.25, -0.2) is 8.42 Å². The molecule has 0 radical (unpaired) electrons. The SMILES string of the molecule is C=C(NN=C([O-])c1ccc(NS(=O)(=O)c2cccs2)cc1)c1cccc2ccccc12. The van der Waals surface area contributed by atoms with Gasteiger partial charge in [0.05, 0.1) is 5.70 Å². The number of nitrogens with one attached hydrogen (secondary N) is 2. The monoisotopic (exact) mass is 448 g/mol. The first-order valence-corrected chi connectivity index (χ1v) is 11.6. The van der Waals surface area contributed by atoms with Gasteiger partial charge in [-0.05, 0) is 39.9 Å². The Morgan fingerprint density at radius 2 is 1.68 bits per heavy atom. The van der Waals surface area contributed by atoms with Crippen LogP contribution >= 0.6 is 11.3 Å². The lowest BCUT2D eigenvalue weighted by atomic mass is 10.0. The number of thiophene rings is 1. The number of anilines is 1. The van der Waals surface area contributed by atoms with E-state index in [0.717, 1.165) is 27.7 Å². The van der Waals surface area contributed by atoms with Crippen molar-refractivity contribution < 1.29 is 13.5 Å². The van der Waals surface area contributed by atoms with Gasteiger partial charge in [0.15, 0.2) is 0 Å². The number of benzene rings is 3. The molecule has 0 unspecified atom stereocenters. The number of hydrogen-bond acceptors (Lipinski definition) is 6. The Bertz CT molecular complexity index is 1360. The van der Waals surface area contributed by atoms with Crippen LogP contribution in [0.3, 0.4) is 0 Å². The number of fused-ring (bicyclic) bond motifs is 1. The minimum absolute atomic E-state index is 0.221. The van der Waals surface area contributed by atoms with E-state index in [4.69, 9.17) is 0 Å². The first-order chi connectivity index (χ1) is 14.9. The van der Waals surface area contributed by atoms with Gasteiger partial charge in [0.2, 0.25) is 0 Å². The molecule has 0 aliphatic carbocycles. The maximum Gasteiger partial charge on any atom is 0.271 e. The highest BCUT2D eigenvalue weighted by atomic mass is 32.2. The van der Waals surface area contributed by atoms with E-state index in [2.05, 4.69) is 21.8 Å². The van der Waals surface area contributed by atoms with Crippen LogP contribution in [0.2, 0.25) is 0 Å². The first kappa shape index (κ1) is 20.6. The Balaban J connectivity index is 1.47. The van der Waals surface area contributed by atoms with E-state index in [0.29, 0.717) is 16.9 Å². The molecule has 4 rings (SSSR count). The van der Waals surface area contributed by atoms with Crippen molar-refractivity contribution in [3.8, 4) is 0 Å². The molecule has 0 aliphatic heterocycles. The number of sulfonamides is 1. The van der Waals surface area contributed by atoms with Crippen LogP contribution in [-0.4, -0.2) is 14.3 Å². The molecule has 1 heterocycles. The van der Waals surface area contributed by atoms with Crippen molar-refractivity contribution in [1.29, 1.82) is 0 Å². The fourth-order valence-electron chi connectivity index (χ4n) is 3.03. The molecule has 0 bridgehead atoms. The van der Waals surface area contributed by atoms with E-state index >= 15 is 0 Å². The maximum absolute atomic E-state index is 12.4. The van der Waals surface area contributed by atoms with Crippen molar-refractivity contribution in [3.63, 3.8) is 0 Å². The lowest BCUT2D eigenvalue weighted by molar-refractivity contribution is -0.213. The van der Waals surface area contributed by atoms with Crippen LogP contribution < -0.4 is 15.3 Å². The van der Waals surface area contributed by atoms with Crippen molar-refractivity contribution in [1.82, 2.24) is 5.43 Å². The van der Waals surface area contributed by atoms with Crippen molar-refractivity contribution in [2.24, 2.45) is 5.10 Å². The third-order valence-corrected chi connectivity index (χ3v) is 7.33. The fourth-order valence-corrected chi connectivity index (χ4v) is 5.09. The summed E-state index contributed by atoms with van der Waals surface area (Å²) in [6.45, 7) is 3.99. The number of nitrogens with zero attached hydrogens (tertiary/aromatic N) is 1. The molecule has 0 aliphatic rings. The fraction of sp³-hybridized carbons (Fsp3) is 0. The summed E-state index contributed by atoms with van der Waals surface area (Å²) in [6.07, 6.45) is 0. The van der Waals surface area contributed by atoms with E-state index in [-0.39, 0.29) is 4.21 Å². The van der Waals surface area contributed by atoms with Gasteiger partial charge >= 0.3 is 0 Å². The molecule has 0 saturated heterocycles. The van der Waals surface area contributed by atoms with Crippen LogP contribution in [-0.2, 0) is 10.0 Å². The number of hydrogen-bond donors (Lipinski definition) is 2. The molecule has 6 nitrogen and oxygen atoms in total. The van der Waals surface area contributed by atoms with E-state index < -0.39 is 15.9 Å². The van der Waals surface area contributed by atoms with Crippen molar-refractivity contribution in [2.75, 3.05) is 4.72 Å². The lowest BCUT2D eigenvalue weighted by Crippen LogP contribution is -2.22. The molecule has 31 heavy (non-hydrogen) atoms. The van der Waals surface area contributed by atoms with Gasteiger partial charge in [0.25, 0.3) is 10.0 Å². The van der Waals surface area contributed by atoms with Crippen molar-refractivity contribution in [3.05, 3.63) is 102 Å². The van der Waals surface area contributed by atoms with Crippen LogP contribution in [0.4, 0.5) is 5.69 Å². The second kappa shape index (κ2) is 8.63. The molecule has 1 aromatic heterocycles. The summed E-state index contributed by atoms with van der Waals surface area (Å²) in [5.41, 5.74) is 4.77. The number of hydrazone groups is 1. The summed E-state index contributed by atoms with van der Waals surface area (Å²) < 4.78 is 27.3. The van der Waals surface area contributed by atoms with Gasteiger partial charge in [0, 0.05) is 17.1 Å². The van der Waals surface area contributed by atoms with Gasteiger partial charge in [-0.15, -0.1) is 11.3 Å². The van der Waals surface area contributed by atoms with E-state index in [1.54, 1.807) is 11.4 Å². The first-order valence-electron chi connectivity index (χ1n) is 9.28. The zero-order chi connectivity index (χ0) is 21.8. The average Bonchev–Trinajstić information content (AvgIpc) is 3.33. The second-order valence-corrected chi connectivity index (χ2v) is 9.51. The standard InChI is InChI=1S/C23H19N3O3S2/c1-16(20-9-4-7-17-6-2-3-8-21(17)20)24-25-23(27)18-11-13-19(14-12-18)26-31(28,29)22-10-5-15-30-22/h2-15,24,26H,1H2,(H,25,27)/p-1. The van der Waals surface area contributed by atoms with Crippen LogP contribution in [0.1, 0.15) is 11.1 Å². The molecule has 0 amide bonds. The zero-order valence-corrected chi connectivity index (χ0v) is 17.9. The zero-order valence-electron chi connectivity index (χ0n) is 16.3. The molecule has 3 aromatic carbocycles. The average molecular weight is 449 g/mol. The summed E-state index contributed by atoms with van der Waals surface area (Å²) in [7, 11) is -3.64. The van der Waals surface area contributed by atoms with E-state index in [1.807, 2.05) is 42.5 Å². The topological polar surface area (TPSA) is 93.6 Å². The van der Waals surface area contributed by atoms with Crippen LogP contribution in [0.25, 0.3) is 16.5 Å². The molecule has 4 aromatic rings. The summed E-state index contributed by atoms with van der Waals surface area (Å²) >= 11 is 1.13. The Labute approximate surface area is 184 Å². The summed E-state index contributed by atoms with van der Waals surface area (Å²) in [5.74, 6) is -0.492. The quantitative estimate of drug-likeness (QED) is 0.254. The molecule has 0 spiro atoms. The Hall–Kier alpha value is -3.62. The van der Waals surface area contributed by atoms with Crippen molar-refractivity contribution >= 4 is 49.4 Å². The highest BCUT2D eigenvalue weighted by molar-refractivity contribution is 7.94. The van der Waals surface area contributed by atoms with Gasteiger partial charge in [0.1, 0.15) is 4.21 Å². The predicted molar refractivity (Wildman–Crippen MR) is 124 cm³/mol. The van der Waals surface area contributed by atoms with Crippen LogP contribution in [0.5, 0.6) is 0 Å². The largest absolute Gasteiger partial charge is 0.857 e. The summed E-state index contributed by atoms with van der Waals surface area (Å²) in [5, 5.41) is 20.1. The summed E-state index contributed by atoms with van der Waals surface area (Å²) in [4.78, 5) is 0. The smallest absolute Gasteiger partial charge is 0.271 e. The molecule has 0 saturated carbocycles. The van der Waals surface area contributed by atoms with E-state index in [1.165, 1.54) is 30.3 Å². The van der Waals surface area contributed by atoms with Crippen LogP contribution in [0, 0.1) is 0 Å². The molecular weight excluding hydrogens is 430 g/mol. The lowest BCUT2D eigenvalue weighted by Gasteiger charge is -2.14. The van der Waals surface area contributed by atoms with Gasteiger partial charge in [-0.1, -0.05) is 67.2 Å². The van der Waals surface area contributed by atoms with Crippen molar-refractivity contribution in [2.45, 2.75) is 4.21 Å². The van der Waals surface area contributed by atoms with Gasteiger partial charge in [-0.3, -0.25) is 10.1 Å². The number of rotatable bonds is 7.